The highest BCUT2D eigenvalue weighted by Gasteiger charge is 2.26. The average Bonchev–Trinajstić information content (AvgIpc) is 2.93. The van der Waals surface area contributed by atoms with Crippen LogP contribution in [0.2, 0.25) is 0 Å². The van der Waals surface area contributed by atoms with Crippen LogP contribution in [0, 0.1) is 0 Å². The minimum absolute atomic E-state index is 0.278. The summed E-state index contributed by atoms with van der Waals surface area (Å²) in [5, 5.41) is 3.57. The topological polar surface area (TPSA) is 49.4 Å². The third-order valence-electron chi connectivity index (χ3n) is 3.94. The van der Waals surface area contributed by atoms with Crippen molar-refractivity contribution in [3.63, 3.8) is 0 Å². The summed E-state index contributed by atoms with van der Waals surface area (Å²) in [6.07, 6.45) is 3.61. The van der Waals surface area contributed by atoms with Gasteiger partial charge in [-0.25, -0.2) is 12.7 Å². The summed E-state index contributed by atoms with van der Waals surface area (Å²) in [6, 6.07) is 4.82. The smallest absolute Gasteiger partial charge is 0.214 e. The molecular weight excluding hydrogens is 304 g/mol. The molecule has 1 aromatic rings. The van der Waals surface area contributed by atoms with Crippen molar-refractivity contribution in [2.45, 2.75) is 52.1 Å². The third kappa shape index (κ3) is 4.77. The summed E-state index contributed by atoms with van der Waals surface area (Å²) in [6.45, 7) is 6.30. The van der Waals surface area contributed by atoms with Crippen LogP contribution in [0.1, 0.15) is 42.9 Å². The lowest BCUT2D eigenvalue weighted by Gasteiger charge is -2.31. The summed E-state index contributed by atoms with van der Waals surface area (Å²) >= 11 is 1.86. The Balaban J connectivity index is 1.76. The molecule has 0 atom stereocenters. The van der Waals surface area contributed by atoms with Gasteiger partial charge < -0.3 is 5.32 Å². The molecule has 0 radical (unpaired) electrons. The zero-order valence-corrected chi connectivity index (χ0v) is 14.6. The van der Waals surface area contributed by atoms with Crippen molar-refractivity contribution in [2.75, 3.05) is 18.8 Å². The SMILES string of the molecule is CCCS(=O)(=O)N1CCC(NCc2ccc(CC)s2)CC1. The molecule has 0 aromatic carbocycles. The molecule has 2 heterocycles. The van der Waals surface area contributed by atoms with Crippen molar-refractivity contribution in [2.24, 2.45) is 0 Å². The summed E-state index contributed by atoms with van der Waals surface area (Å²) in [4.78, 5) is 2.79. The third-order valence-corrected chi connectivity index (χ3v) is 7.25. The Morgan fingerprint density at radius 2 is 1.90 bits per heavy atom. The lowest BCUT2D eigenvalue weighted by molar-refractivity contribution is 0.289. The Labute approximate surface area is 132 Å². The van der Waals surface area contributed by atoms with Crippen molar-refractivity contribution >= 4 is 21.4 Å². The molecule has 0 aliphatic carbocycles. The standard InChI is InChI=1S/C15H26N2O2S2/c1-3-11-21(18,19)17-9-7-13(8-10-17)16-12-15-6-5-14(4-2)20-15/h5-6,13,16H,3-4,7-12H2,1-2H3. The van der Waals surface area contributed by atoms with E-state index in [4.69, 9.17) is 0 Å². The maximum absolute atomic E-state index is 12.0. The number of nitrogens with one attached hydrogen (secondary N) is 1. The van der Waals surface area contributed by atoms with Crippen molar-refractivity contribution in [1.82, 2.24) is 9.62 Å². The molecule has 0 unspecified atom stereocenters. The predicted octanol–water partition coefficient (Wildman–Crippen LogP) is 2.60. The average molecular weight is 331 g/mol. The minimum atomic E-state index is -3.02. The maximum Gasteiger partial charge on any atom is 0.214 e. The molecular formula is C15H26N2O2S2. The van der Waals surface area contributed by atoms with Gasteiger partial charge >= 0.3 is 0 Å². The second-order valence-electron chi connectivity index (χ2n) is 5.59. The number of thiophene rings is 1. The number of hydrogen-bond donors (Lipinski definition) is 1. The molecule has 1 aliphatic rings. The molecule has 2 rings (SSSR count). The first-order valence-corrected chi connectivity index (χ1v) is 10.3. The van der Waals surface area contributed by atoms with Gasteiger partial charge in [0.05, 0.1) is 5.75 Å². The first-order chi connectivity index (χ1) is 10.0. The molecule has 4 nitrogen and oxygen atoms in total. The molecule has 6 heteroatoms. The number of piperidine rings is 1. The molecule has 120 valence electrons. The molecule has 1 saturated heterocycles. The van der Waals surface area contributed by atoms with E-state index in [1.807, 2.05) is 18.3 Å². The van der Waals surface area contributed by atoms with Gasteiger partial charge in [-0.1, -0.05) is 13.8 Å². The van der Waals surface area contributed by atoms with E-state index in [1.165, 1.54) is 9.75 Å². The van der Waals surface area contributed by atoms with Gasteiger partial charge in [-0.05, 0) is 37.8 Å². The van der Waals surface area contributed by atoms with Gasteiger partial charge in [0.1, 0.15) is 0 Å². The Kier molecular flexibility index (Phi) is 6.22. The highest BCUT2D eigenvalue weighted by Crippen LogP contribution is 2.19. The second-order valence-corrected chi connectivity index (χ2v) is 8.93. The molecule has 0 saturated carbocycles. The Morgan fingerprint density at radius 1 is 1.24 bits per heavy atom. The number of rotatable bonds is 7. The van der Waals surface area contributed by atoms with Gasteiger partial charge in [0, 0.05) is 35.4 Å². The van der Waals surface area contributed by atoms with E-state index in [1.54, 1.807) is 4.31 Å². The Bertz CT molecular complexity index is 532. The van der Waals surface area contributed by atoms with Gasteiger partial charge in [0.25, 0.3) is 0 Å². The number of nitrogens with zero attached hydrogens (tertiary/aromatic N) is 1. The first kappa shape index (κ1) is 16.9. The fourth-order valence-electron chi connectivity index (χ4n) is 2.68. The molecule has 1 fully saturated rings. The second kappa shape index (κ2) is 7.72. The molecule has 21 heavy (non-hydrogen) atoms. The van der Waals surface area contributed by atoms with Crippen LogP contribution in [0.3, 0.4) is 0 Å². The zero-order valence-electron chi connectivity index (χ0n) is 13.0. The zero-order chi connectivity index (χ0) is 15.3. The van der Waals surface area contributed by atoms with E-state index < -0.39 is 10.0 Å². The summed E-state index contributed by atoms with van der Waals surface area (Å²) in [5.74, 6) is 0.278. The summed E-state index contributed by atoms with van der Waals surface area (Å²) < 4.78 is 25.7. The van der Waals surface area contributed by atoms with Crippen molar-refractivity contribution in [1.29, 1.82) is 0 Å². The summed E-state index contributed by atoms with van der Waals surface area (Å²) in [5.41, 5.74) is 0. The lowest BCUT2D eigenvalue weighted by atomic mass is 10.1. The number of sulfonamides is 1. The van der Waals surface area contributed by atoms with E-state index >= 15 is 0 Å². The van der Waals surface area contributed by atoms with Crippen LogP contribution < -0.4 is 5.32 Å². The van der Waals surface area contributed by atoms with E-state index in [9.17, 15) is 8.42 Å². The highest BCUT2D eigenvalue weighted by molar-refractivity contribution is 7.89. The molecule has 0 amide bonds. The van der Waals surface area contributed by atoms with E-state index in [2.05, 4.69) is 24.4 Å². The lowest BCUT2D eigenvalue weighted by Crippen LogP contribution is -2.45. The van der Waals surface area contributed by atoms with Crippen LogP contribution in [-0.4, -0.2) is 37.6 Å². The van der Waals surface area contributed by atoms with Gasteiger partial charge in [-0.3, -0.25) is 0 Å². The van der Waals surface area contributed by atoms with Crippen molar-refractivity contribution in [3.8, 4) is 0 Å². The van der Waals surface area contributed by atoms with Crippen LogP contribution in [0.5, 0.6) is 0 Å². The van der Waals surface area contributed by atoms with Crippen LogP contribution in [0.15, 0.2) is 12.1 Å². The maximum atomic E-state index is 12.0. The Morgan fingerprint density at radius 3 is 2.48 bits per heavy atom. The van der Waals surface area contributed by atoms with E-state index in [0.29, 0.717) is 25.6 Å². The first-order valence-electron chi connectivity index (χ1n) is 7.84. The van der Waals surface area contributed by atoms with E-state index in [-0.39, 0.29) is 5.75 Å². The Hall–Kier alpha value is -0.430. The van der Waals surface area contributed by atoms with Gasteiger partial charge in [-0.2, -0.15) is 0 Å². The summed E-state index contributed by atoms with van der Waals surface area (Å²) in [7, 11) is -3.02. The van der Waals surface area contributed by atoms with Crippen LogP contribution >= 0.6 is 11.3 Å². The van der Waals surface area contributed by atoms with Gasteiger partial charge in [0.15, 0.2) is 0 Å². The number of aryl methyl sites for hydroxylation is 1. The van der Waals surface area contributed by atoms with Crippen LogP contribution in [-0.2, 0) is 23.0 Å². The van der Waals surface area contributed by atoms with Crippen molar-refractivity contribution < 1.29 is 8.42 Å². The number of hydrogen-bond acceptors (Lipinski definition) is 4. The van der Waals surface area contributed by atoms with Gasteiger partial charge in [0.2, 0.25) is 10.0 Å². The quantitative estimate of drug-likeness (QED) is 0.836. The molecule has 1 aliphatic heterocycles. The van der Waals surface area contributed by atoms with Gasteiger partial charge in [-0.15, -0.1) is 11.3 Å². The highest BCUT2D eigenvalue weighted by atomic mass is 32.2. The molecule has 1 N–H and O–H groups in total. The fraction of sp³-hybridized carbons (Fsp3) is 0.733. The molecule has 0 spiro atoms. The fourth-order valence-corrected chi connectivity index (χ4v) is 5.13. The van der Waals surface area contributed by atoms with Crippen LogP contribution in [0.4, 0.5) is 0 Å². The normalized spacial score (nSPS) is 18.2. The van der Waals surface area contributed by atoms with E-state index in [0.717, 1.165) is 25.8 Å². The predicted molar refractivity (Wildman–Crippen MR) is 89.2 cm³/mol. The van der Waals surface area contributed by atoms with Crippen molar-refractivity contribution in [3.05, 3.63) is 21.9 Å². The minimum Gasteiger partial charge on any atom is -0.309 e. The molecule has 1 aromatic heterocycles. The largest absolute Gasteiger partial charge is 0.309 e. The monoisotopic (exact) mass is 330 g/mol. The van der Waals surface area contributed by atoms with Crippen LogP contribution in [0.25, 0.3) is 0 Å². The molecule has 0 bridgehead atoms.